The largest absolute Gasteiger partial charge is 0.478 e. The maximum Gasteiger partial charge on any atom is 0.336 e. The van der Waals surface area contributed by atoms with Crippen LogP contribution in [0.15, 0.2) is 24.3 Å². The molecular formula is C19H26N2O2. The first-order valence-electron chi connectivity index (χ1n) is 8.54. The van der Waals surface area contributed by atoms with Gasteiger partial charge in [-0.2, -0.15) is 0 Å². The van der Waals surface area contributed by atoms with Crippen LogP contribution in [-0.4, -0.2) is 37.3 Å². The molecule has 23 heavy (non-hydrogen) atoms. The van der Waals surface area contributed by atoms with Crippen LogP contribution in [0.5, 0.6) is 0 Å². The SMILES string of the molecule is Cc1c(C(=O)O)cc(C2CNC2)cc1N(C)C1CCC=CCC1. The molecule has 3 rings (SSSR count). The third-order valence-corrected chi connectivity index (χ3v) is 5.31. The van der Waals surface area contributed by atoms with E-state index in [1.165, 1.54) is 0 Å². The maximum absolute atomic E-state index is 11.7. The summed E-state index contributed by atoms with van der Waals surface area (Å²) >= 11 is 0. The molecule has 1 aromatic rings. The molecule has 0 aromatic heterocycles. The van der Waals surface area contributed by atoms with Crippen molar-refractivity contribution in [1.29, 1.82) is 0 Å². The number of carboxylic acids is 1. The lowest BCUT2D eigenvalue weighted by Gasteiger charge is -2.34. The van der Waals surface area contributed by atoms with E-state index in [-0.39, 0.29) is 0 Å². The predicted octanol–water partition coefficient (Wildman–Crippen LogP) is 3.32. The molecule has 2 N–H and O–H groups in total. The zero-order valence-electron chi connectivity index (χ0n) is 14.0. The van der Waals surface area contributed by atoms with E-state index in [1.54, 1.807) is 0 Å². The fourth-order valence-corrected chi connectivity index (χ4v) is 3.61. The van der Waals surface area contributed by atoms with Crippen molar-refractivity contribution in [2.24, 2.45) is 0 Å². The van der Waals surface area contributed by atoms with Crippen molar-refractivity contribution in [2.45, 2.75) is 44.6 Å². The Kier molecular flexibility index (Phi) is 4.71. The average molecular weight is 314 g/mol. The number of allylic oxidation sites excluding steroid dienone is 2. The van der Waals surface area contributed by atoms with Gasteiger partial charge in [0.1, 0.15) is 0 Å². The summed E-state index contributed by atoms with van der Waals surface area (Å²) in [6.45, 7) is 3.82. The van der Waals surface area contributed by atoms with E-state index in [2.05, 4.69) is 35.5 Å². The fraction of sp³-hybridized carbons (Fsp3) is 0.526. The Morgan fingerprint density at radius 1 is 1.22 bits per heavy atom. The highest BCUT2D eigenvalue weighted by molar-refractivity contribution is 5.91. The normalized spacial score (nSPS) is 19.2. The third kappa shape index (κ3) is 3.27. The lowest BCUT2D eigenvalue weighted by Crippen LogP contribution is -2.40. The van der Waals surface area contributed by atoms with E-state index in [0.717, 1.165) is 55.6 Å². The minimum Gasteiger partial charge on any atom is -0.478 e. The second-order valence-electron chi connectivity index (χ2n) is 6.76. The van der Waals surface area contributed by atoms with Gasteiger partial charge in [0.2, 0.25) is 0 Å². The van der Waals surface area contributed by atoms with Crippen LogP contribution in [0.1, 0.15) is 53.1 Å². The summed E-state index contributed by atoms with van der Waals surface area (Å²) in [5.41, 5.74) is 3.57. The Bertz CT molecular complexity index is 610. The number of carbonyl (C=O) groups is 1. The summed E-state index contributed by atoms with van der Waals surface area (Å²) in [7, 11) is 2.12. The molecule has 1 fully saturated rings. The van der Waals surface area contributed by atoms with Gasteiger partial charge in [0.15, 0.2) is 0 Å². The van der Waals surface area contributed by atoms with E-state index in [4.69, 9.17) is 0 Å². The Morgan fingerprint density at radius 3 is 2.39 bits per heavy atom. The summed E-state index contributed by atoms with van der Waals surface area (Å²) in [5.74, 6) is -0.384. The topological polar surface area (TPSA) is 52.6 Å². The average Bonchev–Trinajstić information content (AvgIpc) is 2.75. The van der Waals surface area contributed by atoms with Gasteiger partial charge in [0, 0.05) is 37.8 Å². The van der Waals surface area contributed by atoms with E-state index < -0.39 is 5.97 Å². The number of rotatable bonds is 4. The summed E-state index contributed by atoms with van der Waals surface area (Å²) in [4.78, 5) is 14.0. The van der Waals surface area contributed by atoms with Gasteiger partial charge in [-0.1, -0.05) is 12.2 Å². The van der Waals surface area contributed by atoms with Crippen molar-refractivity contribution in [1.82, 2.24) is 5.32 Å². The molecule has 0 atom stereocenters. The minimum absolute atomic E-state index is 0.441. The standard InChI is InChI=1S/C19H26N2O2/c1-13-17(19(22)23)9-14(15-11-20-12-15)10-18(13)21(2)16-7-5-3-4-6-8-16/h3-4,9-10,15-16,20H,5-8,11-12H2,1-2H3,(H,22,23). The number of hydrogen-bond donors (Lipinski definition) is 2. The van der Waals surface area contributed by atoms with Gasteiger partial charge in [-0.05, 0) is 55.9 Å². The molecule has 4 nitrogen and oxygen atoms in total. The summed E-state index contributed by atoms with van der Waals surface area (Å²) in [5, 5.41) is 12.9. The summed E-state index contributed by atoms with van der Waals surface area (Å²) < 4.78 is 0. The minimum atomic E-state index is -0.825. The maximum atomic E-state index is 11.7. The van der Waals surface area contributed by atoms with Crippen molar-refractivity contribution in [3.63, 3.8) is 0 Å². The number of hydrogen-bond acceptors (Lipinski definition) is 3. The first-order chi connectivity index (χ1) is 11.1. The molecular weight excluding hydrogens is 288 g/mol. The molecule has 2 aliphatic rings. The van der Waals surface area contributed by atoms with E-state index >= 15 is 0 Å². The van der Waals surface area contributed by atoms with Crippen molar-refractivity contribution >= 4 is 11.7 Å². The molecule has 0 saturated carbocycles. The molecule has 4 heteroatoms. The number of nitrogens with one attached hydrogen (secondary N) is 1. The van der Waals surface area contributed by atoms with E-state index in [9.17, 15) is 9.90 Å². The monoisotopic (exact) mass is 314 g/mol. The lowest BCUT2D eigenvalue weighted by atomic mass is 9.89. The molecule has 0 spiro atoms. The summed E-state index contributed by atoms with van der Waals surface area (Å²) in [6.07, 6.45) is 8.99. The van der Waals surface area contributed by atoms with Gasteiger partial charge in [0.25, 0.3) is 0 Å². The molecule has 1 aliphatic carbocycles. The lowest BCUT2D eigenvalue weighted by molar-refractivity contribution is 0.0696. The molecule has 1 heterocycles. The van der Waals surface area contributed by atoms with E-state index in [1.807, 2.05) is 13.0 Å². The highest BCUT2D eigenvalue weighted by atomic mass is 16.4. The molecule has 0 bridgehead atoms. The van der Waals surface area contributed by atoms with Gasteiger partial charge in [-0.15, -0.1) is 0 Å². The number of aromatic carboxylic acids is 1. The Balaban J connectivity index is 1.95. The Hall–Kier alpha value is -1.81. The van der Waals surface area contributed by atoms with Crippen LogP contribution >= 0.6 is 0 Å². The second-order valence-corrected chi connectivity index (χ2v) is 6.76. The van der Waals surface area contributed by atoms with E-state index in [0.29, 0.717) is 17.5 Å². The molecule has 1 aromatic carbocycles. The molecule has 1 saturated heterocycles. The van der Waals surface area contributed by atoms with Gasteiger partial charge >= 0.3 is 5.97 Å². The first-order valence-corrected chi connectivity index (χ1v) is 8.54. The zero-order chi connectivity index (χ0) is 16.4. The van der Waals surface area contributed by atoms with Crippen molar-refractivity contribution < 1.29 is 9.90 Å². The highest BCUT2D eigenvalue weighted by Crippen LogP contribution is 2.33. The van der Waals surface area contributed by atoms with Crippen LogP contribution in [-0.2, 0) is 0 Å². The zero-order valence-corrected chi connectivity index (χ0v) is 14.0. The number of benzene rings is 1. The van der Waals surface area contributed by atoms with Crippen LogP contribution in [0.2, 0.25) is 0 Å². The molecule has 0 unspecified atom stereocenters. The second kappa shape index (κ2) is 6.75. The van der Waals surface area contributed by atoms with Gasteiger partial charge < -0.3 is 15.3 Å². The summed E-state index contributed by atoms with van der Waals surface area (Å²) in [6, 6.07) is 4.56. The highest BCUT2D eigenvalue weighted by Gasteiger charge is 2.25. The first kappa shape index (κ1) is 16.1. The molecule has 1 aliphatic heterocycles. The Labute approximate surface area is 138 Å². The van der Waals surface area contributed by atoms with Gasteiger partial charge in [-0.25, -0.2) is 4.79 Å². The van der Waals surface area contributed by atoms with Crippen molar-refractivity contribution in [3.05, 3.63) is 41.0 Å². The predicted molar refractivity (Wildman–Crippen MR) is 93.5 cm³/mol. The van der Waals surface area contributed by atoms with Gasteiger partial charge in [0.05, 0.1) is 5.56 Å². The third-order valence-electron chi connectivity index (χ3n) is 5.31. The van der Waals surface area contributed by atoms with Crippen LogP contribution in [0.3, 0.4) is 0 Å². The number of anilines is 1. The van der Waals surface area contributed by atoms with Crippen LogP contribution in [0.25, 0.3) is 0 Å². The van der Waals surface area contributed by atoms with Crippen molar-refractivity contribution in [3.8, 4) is 0 Å². The van der Waals surface area contributed by atoms with Crippen LogP contribution < -0.4 is 10.2 Å². The number of carboxylic acid groups (broad SMARTS) is 1. The molecule has 0 radical (unpaired) electrons. The van der Waals surface area contributed by atoms with Gasteiger partial charge in [-0.3, -0.25) is 0 Å². The fourth-order valence-electron chi connectivity index (χ4n) is 3.61. The quantitative estimate of drug-likeness (QED) is 0.837. The number of nitrogens with zero attached hydrogens (tertiary/aromatic N) is 1. The Morgan fingerprint density at radius 2 is 1.87 bits per heavy atom. The molecule has 124 valence electrons. The molecule has 0 amide bonds. The van der Waals surface area contributed by atoms with Crippen LogP contribution in [0, 0.1) is 6.92 Å². The smallest absolute Gasteiger partial charge is 0.336 e. The van der Waals surface area contributed by atoms with Crippen LogP contribution in [0.4, 0.5) is 5.69 Å². The van der Waals surface area contributed by atoms with Crippen molar-refractivity contribution in [2.75, 3.05) is 25.0 Å².